The van der Waals surface area contributed by atoms with Gasteiger partial charge in [-0.3, -0.25) is 4.90 Å². The Labute approximate surface area is 183 Å². The maximum absolute atomic E-state index is 12.6. The van der Waals surface area contributed by atoms with Crippen LogP contribution in [0.1, 0.15) is 38.5 Å². The van der Waals surface area contributed by atoms with E-state index < -0.39 is 0 Å². The molecule has 1 aromatic carbocycles. The second kappa shape index (κ2) is 8.71. The molecule has 2 saturated heterocycles. The van der Waals surface area contributed by atoms with Gasteiger partial charge in [0.05, 0.1) is 16.8 Å². The summed E-state index contributed by atoms with van der Waals surface area (Å²) in [6, 6.07) is 9.73. The predicted molar refractivity (Wildman–Crippen MR) is 123 cm³/mol. The van der Waals surface area contributed by atoms with Crippen LogP contribution in [0.15, 0.2) is 24.3 Å². The number of aromatic nitrogens is 1. The molecule has 5 rings (SSSR count). The van der Waals surface area contributed by atoms with Crippen molar-refractivity contribution < 1.29 is 4.79 Å². The fraction of sp³-hybridized carbons (Fsp3) is 0.652. The minimum atomic E-state index is 0.260. The number of unbranched alkanes of at least 4 members (excludes halogenated alkanes) is 1. The van der Waals surface area contributed by atoms with Gasteiger partial charge in [-0.15, -0.1) is 0 Å². The lowest BCUT2D eigenvalue weighted by Crippen LogP contribution is -2.47. The van der Waals surface area contributed by atoms with Gasteiger partial charge in [0.25, 0.3) is 0 Å². The van der Waals surface area contributed by atoms with E-state index in [0.29, 0.717) is 12.1 Å². The summed E-state index contributed by atoms with van der Waals surface area (Å²) in [6.07, 6.45) is 7.20. The highest BCUT2D eigenvalue weighted by molar-refractivity contribution is 7.13. The minimum Gasteiger partial charge on any atom is -0.353 e. The van der Waals surface area contributed by atoms with Crippen LogP contribution in [0.25, 0.3) is 10.1 Å². The SMILES string of the molecule is CN1C(=O)N(CCCCN2CCN(c3nsc4ccccc34)CC2)C2CCCCC21. The number of hydrogen-bond acceptors (Lipinski definition) is 5. The van der Waals surface area contributed by atoms with Crippen LogP contribution in [-0.4, -0.2) is 83.5 Å². The lowest BCUT2D eigenvalue weighted by Gasteiger charge is -2.35. The van der Waals surface area contributed by atoms with Crippen molar-refractivity contribution in [3.63, 3.8) is 0 Å². The van der Waals surface area contributed by atoms with Crippen LogP contribution in [0.4, 0.5) is 10.6 Å². The number of urea groups is 1. The van der Waals surface area contributed by atoms with Crippen molar-refractivity contribution >= 4 is 33.5 Å². The summed E-state index contributed by atoms with van der Waals surface area (Å²) in [5.74, 6) is 1.16. The third-order valence-corrected chi connectivity index (χ3v) is 8.11. The van der Waals surface area contributed by atoms with Gasteiger partial charge >= 0.3 is 6.03 Å². The first-order chi connectivity index (χ1) is 14.7. The number of carbonyl (C=O) groups excluding carboxylic acids is 1. The molecule has 3 fully saturated rings. The first-order valence-corrected chi connectivity index (χ1v) is 12.3. The second-order valence-corrected chi connectivity index (χ2v) is 9.85. The number of carbonyl (C=O) groups is 1. The van der Waals surface area contributed by atoms with Crippen molar-refractivity contribution in [1.82, 2.24) is 19.1 Å². The van der Waals surface area contributed by atoms with E-state index in [-0.39, 0.29) is 6.03 Å². The van der Waals surface area contributed by atoms with Gasteiger partial charge in [0.15, 0.2) is 0 Å². The number of nitrogens with zero attached hydrogens (tertiary/aromatic N) is 5. The molecule has 2 aromatic rings. The van der Waals surface area contributed by atoms with Crippen LogP contribution in [0.2, 0.25) is 0 Å². The second-order valence-electron chi connectivity index (χ2n) is 9.04. The molecule has 162 valence electrons. The van der Waals surface area contributed by atoms with Gasteiger partial charge in [-0.2, -0.15) is 4.37 Å². The number of fused-ring (bicyclic) bond motifs is 2. The zero-order valence-corrected chi connectivity index (χ0v) is 18.8. The highest BCUT2D eigenvalue weighted by Gasteiger charge is 2.44. The quantitative estimate of drug-likeness (QED) is 0.656. The smallest absolute Gasteiger partial charge is 0.320 e. The number of piperazine rings is 1. The van der Waals surface area contributed by atoms with Crippen LogP contribution in [0.3, 0.4) is 0 Å². The third kappa shape index (κ3) is 3.78. The van der Waals surface area contributed by atoms with Gasteiger partial charge in [0.1, 0.15) is 5.82 Å². The molecule has 3 heterocycles. The Hall–Kier alpha value is -1.86. The van der Waals surface area contributed by atoms with Gasteiger partial charge in [-0.1, -0.05) is 25.0 Å². The normalized spacial score (nSPS) is 25.4. The summed E-state index contributed by atoms with van der Waals surface area (Å²) < 4.78 is 5.99. The molecule has 1 saturated carbocycles. The van der Waals surface area contributed by atoms with Crippen molar-refractivity contribution in [2.75, 3.05) is 51.2 Å². The molecule has 2 atom stereocenters. The molecule has 0 radical (unpaired) electrons. The van der Waals surface area contributed by atoms with Gasteiger partial charge in [-0.05, 0) is 55.9 Å². The molecule has 0 N–H and O–H groups in total. The summed E-state index contributed by atoms with van der Waals surface area (Å²) in [5.41, 5.74) is 0. The molecule has 1 aromatic heterocycles. The van der Waals surface area contributed by atoms with Crippen molar-refractivity contribution in [3.05, 3.63) is 24.3 Å². The molecule has 7 heteroatoms. The third-order valence-electron chi connectivity index (χ3n) is 7.29. The Balaban J connectivity index is 1.07. The summed E-state index contributed by atoms with van der Waals surface area (Å²) in [7, 11) is 2.00. The number of hydrogen-bond donors (Lipinski definition) is 0. The first kappa shape index (κ1) is 20.1. The molecule has 2 amide bonds. The molecule has 2 aliphatic heterocycles. The highest BCUT2D eigenvalue weighted by atomic mass is 32.1. The topological polar surface area (TPSA) is 42.9 Å². The lowest BCUT2D eigenvalue weighted by molar-refractivity contribution is 0.184. The van der Waals surface area contributed by atoms with Crippen LogP contribution >= 0.6 is 11.5 Å². The fourth-order valence-corrected chi connectivity index (χ4v) is 6.35. The van der Waals surface area contributed by atoms with Crippen molar-refractivity contribution in [2.24, 2.45) is 0 Å². The Bertz CT molecular complexity index is 877. The van der Waals surface area contributed by atoms with E-state index in [9.17, 15) is 4.79 Å². The fourth-order valence-electron chi connectivity index (χ4n) is 5.56. The summed E-state index contributed by atoms with van der Waals surface area (Å²) >= 11 is 1.60. The summed E-state index contributed by atoms with van der Waals surface area (Å²) in [4.78, 5) is 21.8. The minimum absolute atomic E-state index is 0.260. The molecule has 6 nitrogen and oxygen atoms in total. The molecule has 30 heavy (non-hydrogen) atoms. The first-order valence-electron chi connectivity index (χ1n) is 11.6. The zero-order valence-electron chi connectivity index (χ0n) is 18.0. The maximum atomic E-state index is 12.6. The predicted octanol–water partition coefficient (Wildman–Crippen LogP) is 3.88. The van der Waals surface area contributed by atoms with Crippen molar-refractivity contribution in [1.29, 1.82) is 0 Å². The summed E-state index contributed by atoms with van der Waals surface area (Å²) in [5, 5.41) is 1.29. The van der Waals surface area contributed by atoms with Crippen LogP contribution in [0.5, 0.6) is 0 Å². The Morgan fingerprint density at radius 3 is 2.57 bits per heavy atom. The van der Waals surface area contributed by atoms with Crippen molar-refractivity contribution in [2.45, 2.75) is 50.6 Å². The maximum Gasteiger partial charge on any atom is 0.320 e. The standard InChI is InChI=1S/C23H33N5OS/c1-25-19-9-3-4-10-20(19)28(23(25)29)13-7-6-12-26-14-16-27(17-15-26)22-18-8-2-5-11-21(18)30-24-22/h2,5,8,11,19-20H,3-4,6-7,9-10,12-17H2,1H3. The van der Waals surface area contributed by atoms with E-state index in [2.05, 4.69) is 39.0 Å². The molecule has 1 aliphatic carbocycles. The monoisotopic (exact) mass is 427 g/mol. The molecule has 2 unspecified atom stereocenters. The molecule has 0 spiro atoms. The average molecular weight is 428 g/mol. The number of benzene rings is 1. The average Bonchev–Trinajstić information content (AvgIpc) is 3.32. The molecule has 0 bridgehead atoms. The van der Waals surface area contributed by atoms with Crippen LogP contribution in [0, 0.1) is 0 Å². The zero-order chi connectivity index (χ0) is 20.5. The highest BCUT2D eigenvalue weighted by Crippen LogP contribution is 2.33. The van der Waals surface area contributed by atoms with E-state index >= 15 is 0 Å². The van der Waals surface area contributed by atoms with Gasteiger partial charge in [0, 0.05) is 45.2 Å². The molecule has 3 aliphatic rings. The summed E-state index contributed by atoms with van der Waals surface area (Å²) in [6.45, 7) is 6.36. The van der Waals surface area contributed by atoms with Crippen LogP contribution in [-0.2, 0) is 0 Å². The lowest BCUT2D eigenvalue weighted by atomic mass is 9.90. The van der Waals surface area contributed by atoms with E-state index in [1.54, 1.807) is 11.5 Å². The van der Waals surface area contributed by atoms with Gasteiger partial charge < -0.3 is 14.7 Å². The van der Waals surface area contributed by atoms with E-state index in [4.69, 9.17) is 4.37 Å². The van der Waals surface area contributed by atoms with Gasteiger partial charge in [0.2, 0.25) is 0 Å². The Kier molecular flexibility index (Phi) is 5.83. The van der Waals surface area contributed by atoms with E-state index in [0.717, 1.165) is 51.5 Å². The van der Waals surface area contributed by atoms with Gasteiger partial charge in [-0.25, -0.2) is 4.79 Å². The molecular formula is C23H33N5OS. The number of anilines is 1. The van der Waals surface area contributed by atoms with Crippen molar-refractivity contribution in [3.8, 4) is 0 Å². The molecular weight excluding hydrogens is 394 g/mol. The van der Waals surface area contributed by atoms with E-state index in [1.165, 1.54) is 42.2 Å². The Morgan fingerprint density at radius 1 is 1.00 bits per heavy atom. The van der Waals surface area contributed by atoms with E-state index in [1.807, 2.05) is 11.9 Å². The largest absolute Gasteiger partial charge is 0.353 e. The number of likely N-dealkylation sites (N-methyl/N-ethyl adjacent to an activating group) is 1. The van der Waals surface area contributed by atoms with Crippen LogP contribution < -0.4 is 4.90 Å². The Morgan fingerprint density at radius 2 is 1.73 bits per heavy atom. The number of rotatable bonds is 6. The number of amides is 2.